The van der Waals surface area contributed by atoms with E-state index in [1.807, 2.05) is 36.4 Å². The molecule has 0 fully saturated rings. The average Bonchev–Trinajstić information content (AvgIpc) is 2.72. The van der Waals surface area contributed by atoms with Gasteiger partial charge in [-0.25, -0.2) is 0 Å². The lowest BCUT2D eigenvalue weighted by atomic mass is 9.90. The molecule has 0 spiro atoms. The minimum Gasteiger partial charge on any atom is -0.508 e. The lowest BCUT2D eigenvalue weighted by Gasteiger charge is -2.15. The Morgan fingerprint density at radius 1 is 0.414 bits per heavy atom. The van der Waals surface area contributed by atoms with Gasteiger partial charge in [0.15, 0.2) is 0 Å². The first-order valence-corrected chi connectivity index (χ1v) is 9.22. The monoisotopic (exact) mass is 384 g/mol. The van der Waals surface area contributed by atoms with E-state index in [2.05, 4.69) is 0 Å². The Morgan fingerprint density at radius 2 is 0.759 bits per heavy atom. The van der Waals surface area contributed by atoms with Crippen molar-refractivity contribution in [2.24, 2.45) is 0 Å². The Bertz CT molecular complexity index is 1050. The lowest BCUT2D eigenvalue weighted by molar-refractivity contribution is 0.474. The van der Waals surface area contributed by atoms with E-state index in [1.165, 1.54) is 0 Å². The molecule has 144 valence electrons. The Kier molecular flexibility index (Phi) is 4.83. The lowest BCUT2D eigenvalue weighted by Crippen LogP contribution is -1.95. The molecule has 0 bridgehead atoms. The van der Waals surface area contributed by atoms with E-state index in [0.717, 1.165) is 33.4 Å². The van der Waals surface area contributed by atoms with Gasteiger partial charge in [-0.15, -0.1) is 0 Å². The van der Waals surface area contributed by atoms with Crippen LogP contribution in [-0.2, 0) is 6.42 Å². The highest BCUT2D eigenvalue weighted by Crippen LogP contribution is 2.34. The van der Waals surface area contributed by atoms with Crippen LogP contribution in [-0.4, -0.2) is 20.4 Å². The summed E-state index contributed by atoms with van der Waals surface area (Å²) in [4.78, 5) is 0. The molecule has 0 saturated heterocycles. The van der Waals surface area contributed by atoms with Crippen molar-refractivity contribution in [1.29, 1.82) is 0 Å². The van der Waals surface area contributed by atoms with E-state index in [0.29, 0.717) is 6.42 Å². The third-order valence-corrected chi connectivity index (χ3v) is 4.92. The van der Waals surface area contributed by atoms with Crippen molar-refractivity contribution >= 4 is 0 Å². The van der Waals surface area contributed by atoms with Gasteiger partial charge in [0.05, 0.1) is 0 Å². The number of phenols is 4. The van der Waals surface area contributed by atoms with Gasteiger partial charge in [0.25, 0.3) is 0 Å². The van der Waals surface area contributed by atoms with Crippen LogP contribution in [0.25, 0.3) is 22.3 Å². The molecule has 0 aliphatic rings. The highest BCUT2D eigenvalue weighted by atomic mass is 16.3. The quantitative estimate of drug-likeness (QED) is 0.378. The molecule has 4 heteroatoms. The summed E-state index contributed by atoms with van der Waals surface area (Å²) in [6.07, 6.45) is 0.576. The molecule has 0 aliphatic carbocycles. The Hall–Kier alpha value is -3.92. The fourth-order valence-corrected chi connectivity index (χ4v) is 3.46. The summed E-state index contributed by atoms with van der Waals surface area (Å²) in [5.41, 5.74) is 5.51. The molecule has 0 heterocycles. The molecule has 0 saturated carbocycles. The van der Waals surface area contributed by atoms with E-state index in [-0.39, 0.29) is 23.0 Å². The van der Waals surface area contributed by atoms with Crippen molar-refractivity contribution < 1.29 is 20.4 Å². The van der Waals surface area contributed by atoms with Gasteiger partial charge >= 0.3 is 0 Å². The SMILES string of the molecule is Oc1ccc(-c2cc(O)ccc2Cc2ccc(O)cc2-c2ccc(O)cc2)cc1. The third-order valence-electron chi connectivity index (χ3n) is 4.92. The largest absolute Gasteiger partial charge is 0.508 e. The van der Waals surface area contributed by atoms with Crippen molar-refractivity contribution in [2.45, 2.75) is 6.42 Å². The van der Waals surface area contributed by atoms with E-state index in [4.69, 9.17) is 0 Å². The van der Waals surface area contributed by atoms with Gasteiger partial charge in [0.2, 0.25) is 0 Å². The zero-order chi connectivity index (χ0) is 20.4. The van der Waals surface area contributed by atoms with Gasteiger partial charge in [-0.2, -0.15) is 0 Å². The molecule has 4 rings (SSSR count). The zero-order valence-electron chi connectivity index (χ0n) is 15.6. The second kappa shape index (κ2) is 7.60. The van der Waals surface area contributed by atoms with E-state index in [1.54, 1.807) is 48.5 Å². The Labute approximate surface area is 168 Å². The first-order chi connectivity index (χ1) is 14.0. The Balaban J connectivity index is 1.79. The van der Waals surface area contributed by atoms with Crippen LogP contribution in [0, 0.1) is 0 Å². The van der Waals surface area contributed by atoms with E-state index in [9.17, 15) is 20.4 Å². The number of benzene rings is 4. The predicted octanol–water partition coefficient (Wildman–Crippen LogP) is 5.43. The number of hydrogen-bond acceptors (Lipinski definition) is 4. The molecule has 0 aromatic heterocycles. The standard InChI is InChI=1S/C25H20O4/c26-20-7-1-16(2-8-20)24-14-22(28)11-5-18(24)13-19-6-12-23(29)15-25(19)17-3-9-21(27)10-4-17/h1-12,14-15,26-29H,13H2. The normalized spacial score (nSPS) is 10.8. The fraction of sp³-hybridized carbons (Fsp3) is 0.0400. The molecule has 0 atom stereocenters. The van der Waals surface area contributed by atoms with Crippen LogP contribution >= 0.6 is 0 Å². The van der Waals surface area contributed by atoms with E-state index < -0.39 is 0 Å². The third kappa shape index (κ3) is 4.01. The number of rotatable bonds is 4. The summed E-state index contributed by atoms with van der Waals surface area (Å²) < 4.78 is 0. The molecule has 4 nitrogen and oxygen atoms in total. The van der Waals surface area contributed by atoms with Crippen LogP contribution in [0.2, 0.25) is 0 Å². The van der Waals surface area contributed by atoms with Crippen LogP contribution in [0.1, 0.15) is 11.1 Å². The van der Waals surface area contributed by atoms with Gasteiger partial charge in [0.1, 0.15) is 23.0 Å². The van der Waals surface area contributed by atoms with Gasteiger partial charge in [0, 0.05) is 0 Å². The maximum atomic E-state index is 10.0. The number of phenolic OH excluding ortho intramolecular Hbond substituents is 4. The predicted molar refractivity (Wildman–Crippen MR) is 113 cm³/mol. The molecule has 4 aromatic rings. The van der Waals surface area contributed by atoms with Crippen molar-refractivity contribution in [1.82, 2.24) is 0 Å². The molecule has 29 heavy (non-hydrogen) atoms. The van der Waals surface area contributed by atoms with Gasteiger partial charge in [-0.1, -0.05) is 36.4 Å². The van der Waals surface area contributed by atoms with Crippen molar-refractivity contribution in [3.8, 4) is 45.3 Å². The van der Waals surface area contributed by atoms with Crippen LogP contribution < -0.4 is 0 Å². The second-order valence-corrected chi connectivity index (χ2v) is 6.95. The minimum atomic E-state index is 0.168. The molecule has 0 amide bonds. The topological polar surface area (TPSA) is 80.9 Å². The highest BCUT2D eigenvalue weighted by molar-refractivity contribution is 5.73. The molecule has 0 aliphatic heterocycles. The zero-order valence-corrected chi connectivity index (χ0v) is 15.6. The van der Waals surface area contributed by atoms with Crippen molar-refractivity contribution in [3.63, 3.8) is 0 Å². The summed E-state index contributed by atoms with van der Waals surface area (Å²) in [5.74, 6) is 0.704. The molecular weight excluding hydrogens is 364 g/mol. The summed E-state index contributed by atoms with van der Waals surface area (Å²) in [6.45, 7) is 0. The van der Waals surface area contributed by atoms with E-state index >= 15 is 0 Å². The van der Waals surface area contributed by atoms with Crippen molar-refractivity contribution in [2.75, 3.05) is 0 Å². The smallest absolute Gasteiger partial charge is 0.116 e. The number of hydrogen-bond donors (Lipinski definition) is 4. The molecule has 4 N–H and O–H groups in total. The summed E-state index contributed by atoms with van der Waals surface area (Å²) in [6, 6.07) is 24.2. The second-order valence-electron chi connectivity index (χ2n) is 6.95. The Morgan fingerprint density at radius 3 is 1.14 bits per heavy atom. The van der Waals surface area contributed by atoms with Crippen LogP contribution in [0.4, 0.5) is 0 Å². The summed E-state index contributed by atoms with van der Waals surface area (Å²) >= 11 is 0. The van der Waals surface area contributed by atoms with Gasteiger partial charge in [-0.3, -0.25) is 0 Å². The fourth-order valence-electron chi connectivity index (χ4n) is 3.46. The maximum absolute atomic E-state index is 10.0. The van der Waals surface area contributed by atoms with Gasteiger partial charge < -0.3 is 20.4 Å². The van der Waals surface area contributed by atoms with Gasteiger partial charge in [-0.05, 0) is 88.3 Å². The molecular formula is C25H20O4. The van der Waals surface area contributed by atoms with Crippen LogP contribution in [0.5, 0.6) is 23.0 Å². The first kappa shape index (κ1) is 18.4. The number of aromatic hydroxyl groups is 4. The minimum absolute atomic E-state index is 0.168. The molecule has 4 aromatic carbocycles. The summed E-state index contributed by atoms with van der Waals surface area (Å²) in [5, 5.41) is 39.2. The van der Waals surface area contributed by atoms with Crippen LogP contribution in [0.3, 0.4) is 0 Å². The molecule has 0 radical (unpaired) electrons. The first-order valence-electron chi connectivity index (χ1n) is 9.22. The highest BCUT2D eigenvalue weighted by Gasteiger charge is 2.12. The maximum Gasteiger partial charge on any atom is 0.116 e. The average molecular weight is 384 g/mol. The van der Waals surface area contributed by atoms with Crippen molar-refractivity contribution in [3.05, 3.63) is 96.1 Å². The van der Waals surface area contributed by atoms with Crippen LogP contribution in [0.15, 0.2) is 84.9 Å². The molecule has 0 unspecified atom stereocenters. The summed E-state index contributed by atoms with van der Waals surface area (Å²) in [7, 11) is 0.